The van der Waals surface area contributed by atoms with Crippen molar-refractivity contribution in [3.8, 4) is 0 Å². The Balaban J connectivity index is 2.17. The van der Waals surface area contributed by atoms with E-state index in [9.17, 15) is 4.79 Å². The number of hydrogen-bond acceptors (Lipinski definition) is 5. The second-order valence-corrected chi connectivity index (χ2v) is 4.03. The normalized spacial score (nSPS) is 19.7. The zero-order valence-electron chi connectivity index (χ0n) is 9.63. The van der Waals surface area contributed by atoms with Crippen LogP contribution in [0, 0.1) is 5.92 Å². The third kappa shape index (κ3) is 2.62. The van der Waals surface area contributed by atoms with E-state index in [2.05, 4.69) is 10.3 Å². The van der Waals surface area contributed by atoms with Crippen molar-refractivity contribution in [3.05, 3.63) is 11.4 Å². The maximum atomic E-state index is 11.0. The molecule has 0 aromatic carbocycles. The molecule has 1 fully saturated rings. The van der Waals surface area contributed by atoms with E-state index in [1.54, 1.807) is 4.68 Å². The van der Waals surface area contributed by atoms with Crippen molar-refractivity contribution in [1.29, 1.82) is 0 Å². The minimum Gasteiger partial charge on any atom is -0.476 e. The van der Waals surface area contributed by atoms with Crippen molar-refractivity contribution in [1.82, 2.24) is 15.0 Å². The Labute approximate surface area is 98.3 Å². The SMILES string of the molecule is COCc1c(C(=O)O)nnn1CC1CCOC1. The van der Waals surface area contributed by atoms with E-state index >= 15 is 0 Å². The molecule has 1 aromatic heterocycles. The molecule has 0 spiro atoms. The van der Waals surface area contributed by atoms with Crippen LogP contribution in [0.4, 0.5) is 0 Å². The van der Waals surface area contributed by atoms with Gasteiger partial charge in [-0.05, 0) is 6.42 Å². The van der Waals surface area contributed by atoms with Gasteiger partial charge in [-0.25, -0.2) is 9.48 Å². The Morgan fingerprint density at radius 2 is 2.53 bits per heavy atom. The maximum absolute atomic E-state index is 11.0. The highest BCUT2D eigenvalue weighted by molar-refractivity contribution is 5.86. The molecule has 0 aliphatic carbocycles. The maximum Gasteiger partial charge on any atom is 0.358 e. The van der Waals surface area contributed by atoms with Gasteiger partial charge in [0.2, 0.25) is 0 Å². The Bertz CT molecular complexity index is 398. The molecule has 1 aliphatic rings. The summed E-state index contributed by atoms with van der Waals surface area (Å²) in [5.74, 6) is -0.708. The molecular weight excluding hydrogens is 226 g/mol. The van der Waals surface area contributed by atoms with E-state index in [4.69, 9.17) is 14.6 Å². The predicted octanol–water partition coefficient (Wildman–Crippen LogP) is 0.159. The quantitative estimate of drug-likeness (QED) is 0.790. The van der Waals surface area contributed by atoms with Gasteiger partial charge in [-0.1, -0.05) is 5.21 Å². The summed E-state index contributed by atoms with van der Waals surface area (Å²) >= 11 is 0. The predicted molar refractivity (Wildman–Crippen MR) is 56.6 cm³/mol. The largest absolute Gasteiger partial charge is 0.476 e. The molecule has 1 N–H and O–H groups in total. The van der Waals surface area contributed by atoms with Crippen LogP contribution in [0.25, 0.3) is 0 Å². The molecule has 7 heteroatoms. The fourth-order valence-corrected chi connectivity index (χ4v) is 1.90. The number of rotatable bonds is 5. The van der Waals surface area contributed by atoms with E-state index in [0.717, 1.165) is 13.0 Å². The Morgan fingerprint density at radius 1 is 1.71 bits per heavy atom. The van der Waals surface area contributed by atoms with Crippen molar-refractivity contribution >= 4 is 5.97 Å². The number of aromatic carboxylic acids is 1. The molecule has 1 aromatic rings. The first-order chi connectivity index (χ1) is 8.22. The monoisotopic (exact) mass is 241 g/mol. The highest BCUT2D eigenvalue weighted by Crippen LogP contribution is 2.16. The van der Waals surface area contributed by atoms with Crippen LogP contribution in [-0.2, 0) is 22.6 Å². The topological polar surface area (TPSA) is 86.5 Å². The summed E-state index contributed by atoms with van der Waals surface area (Å²) in [5.41, 5.74) is 0.470. The summed E-state index contributed by atoms with van der Waals surface area (Å²) in [5, 5.41) is 16.5. The molecule has 0 amide bonds. The summed E-state index contributed by atoms with van der Waals surface area (Å²) in [4.78, 5) is 11.0. The van der Waals surface area contributed by atoms with Gasteiger partial charge in [0.1, 0.15) is 0 Å². The number of nitrogens with zero attached hydrogens (tertiary/aromatic N) is 3. The average Bonchev–Trinajstić information content (AvgIpc) is 2.90. The van der Waals surface area contributed by atoms with Crippen LogP contribution < -0.4 is 0 Å². The minimum atomic E-state index is -1.08. The van der Waals surface area contributed by atoms with Gasteiger partial charge in [-0.2, -0.15) is 0 Å². The van der Waals surface area contributed by atoms with Crippen LogP contribution in [0.2, 0.25) is 0 Å². The lowest BCUT2D eigenvalue weighted by Crippen LogP contribution is -2.16. The van der Waals surface area contributed by atoms with E-state index in [1.165, 1.54) is 7.11 Å². The number of methoxy groups -OCH3 is 1. The second kappa shape index (κ2) is 5.24. The van der Waals surface area contributed by atoms with Crippen molar-refractivity contribution in [2.24, 2.45) is 5.92 Å². The molecule has 7 nitrogen and oxygen atoms in total. The van der Waals surface area contributed by atoms with Crippen molar-refractivity contribution in [3.63, 3.8) is 0 Å². The average molecular weight is 241 g/mol. The molecule has 1 aliphatic heterocycles. The fraction of sp³-hybridized carbons (Fsp3) is 0.700. The number of carboxylic acid groups (broad SMARTS) is 1. The van der Waals surface area contributed by atoms with Crippen LogP contribution in [0.5, 0.6) is 0 Å². The van der Waals surface area contributed by atoms with Gasteiger partial charge in [0.15, 0.2) is 5.69 Å². The van der Waals surface area contributed by atoms with E-state index in [1.807, 2.05) is 0 Å². The van der Waals surface area contributed by atoms with Gasteiger partial charge in [0.25, 0.3) is 0 Å². The van der Waals surface area contributed by atoms with Crippen LogP contribution in [0.15, 0.2) is 0 Å². The fourth-order valence-electron chi connectivity index (χ4n) is 1.90. The Kier molecular flexibility index (Phi) is 3.70. The molecule has 0 bridgehead atoms. The van der Waals surface area contributed by atoms with Crippen molar-refractivity contribution < 1.29 is 19.4 Å². The number of carboxylic acids is 1. The molecular formula is C10H15N3O4. The molecule has 0 saturated carbocycles. The molecule has 1 atom stereocenters. The van der Waals surface area contributed by atoms with Gasteiger partial charge in [-0.3, -0.25) is 0 Å². The first-order valence-corrected chi connectivity index (χ1v) is 5.44. The smallest absolute Gasteiger partial charge is 0.358 e. The van der Waals surface area contributed by atoms with Crippen LogP contribution >= 0.6 is 0 Å². The molecule has 1 unspecified atom stereocenters. The second-order valence-electron chi connectivity index (χ2n) is 4.03. The molecule has 2 rings (SSSR count). The molecule has 17 heavy (non-hydrogen) atoms. The summed E-state index contributed by atoms with van der Waals surface area (Å²) in [6, 6.07) is 0. The van der Waals surface area contributed by atoms with E-state index in [0.29, 0.717) is 24.8 Å². The summed E-state index contributed by atoms with van der Waals surface area (Å²) in [7, 11) is 1.52. The molecule has 2 heterocycles. The van der Waals surface area contributed by atoms with Gasteiger partial charge in [-0.15, -0.1) is 5.10 Å². The third-order valence-electron chi connectivity index (χ3n) is 2.78. The lowest BCUT2D eigenvalue weighted by atomic mass is 10.1. The minimum absolute atomic E-state index is 0.0363. The summed E-state index contributed by atoms with van der Waals surface area (Å²) in [6.45, 7) is 2.26. The van der Waals surface area contributed by atoms with Crippen molar-refractivity contribution in [2.45, 2.75) is 19.6 Å². The Morgan fingerprint density at radius 3 is 3.12 bits per heavy atom. The lowest BCUT2D eigenvalue weighted by molar-refractivity contribution is 0.0684. The lowest BCUT2D eigenvalue weighted by Gasteiger charge is -2.10. The van der Waals surface area contributed by atoms with Crippen LogP contribution in [0.3, 0.4) is 0 Å². The molecule has 0 radical (unpaired) electrons. The van der Waals surface area contributed by atoms with E-state index in [-0.39, 0.29) is 12.3 Å². The van der Waals surface area contributed by atoms with Crippen LogP contribution in [-0.4, -0.2) is 46.4 Å². The van der Waals surface area contributed by atoms with Gasteiger partial charge < -0.3 is 14.6 Å². The number of carbonyl (C=O) groups is 1. The first-order valence-electron chi connectivity index (χ1n) is 5.44. The summed E-state index contributed by atoms with van der Waals surface area (Å²) < 4.78 is 11.9. The first kappa shape index (κ1) is 12.0. The van der Waals surface area contributed by atoms with Crippen LogP contribution in [0.1, 0.15) is 22.6 Å². The highest BCUT2D eigenvalue weighted by Gasteiger charge is 2.22. The number of aromatic nitrogens is 3. The summed E-state index contributed by atoms with van der Waals surface area (Å²) in [6.07, 6.45) is 0.967. The zero-order valence-corrected chi connectivity index (χ0v) is 9.63. The van der Waals surface area contributed by atoms with E-state index < -0.39 is 5.97 Å². The Hall–Kier alpha value is -1.47. The van der Waals surface area contributed by atoms with Gasteiger partial charge in [0, 0.05) is 26.2 Å². The standard InChI is InChI=1S/C10H15N3O4/c1-16-6-8-9(10(14)15)11-12-13(8)4-7-2-3-17-5-7/h7H,2-6H2,1H3,(H,14,15). The molecule has 1 saturated heterocycles. The number of ether oxygens (including phenoxy) is 2. The molecule has 94 valence electrons. The van der Waals surface area contributed by atoms with Gasteiger partial charge >= 0.3 is 5.97 Å². The third-order valence-corrected chi connectivity index (χ3v) is 2.78. The number of hydrogen-bond donors (Lipinski definition) is 1. The zero-order chi connectivity index (χ0) is 12.3. The van der Waals surface area contributed by atoms with Crippen molar-refractivity contribution in [2.75, 3.05) is 20.3 Å². The highest BCUT2D eigenvalue weighted by atomic mass is 16.5. The van der Waals surface area contributed by atoms with Gasteiger partial charge in [0.05, 0.1) is 18.9 Å².